The Morgan fingerprint density at radius 2 is 2.57 bits per heavy atom. The minimum absolute atomic E-state index is 0.426. The van der Waals surface area contributed by atoms with Crippen LogP contribution in [0.3, 0.4) is 0 Å². The van der Waals surface area contributed by atoms with Crippen LogP contribution in [-0.2, 0) is 4.74 Å². The Labute approximate surface area is 41.9 Å². The van der Waals surface area contributed by atoms with Gasteiger partial charge in [0.1, 0.15) is 6.61 Å². The van der Waals surface area contributed by atoms with Crippen molar-refractivity contribution in [3.8, 4) is 0 Å². The molecule has 1 rings (SSSR count). The molecule has 2 radical (unpaired) electrons. The van der Waals surface area contributed by atoms with Gasteiger partial charge in [-0.15, -0.1) is 0 Å². The Morgan fingerprint density at radius 3 is 2.71 bits per heavy atom. The molecule has 3 nitrogen and oxygen atoms in total. The number of nitrogens with zero attached hydrogens (tertiary/aromatic N) is 1. The predicted molar refractivity (Wildman–Crippen MR) is 22.4 cm³/mol. The third kappa shape index (κ3) is 0.656. The first-order chi connectivity index (χ1) is 3.30. The first kappa shape index (κ1) is 4.43. The van der Waals surface area contributed by atoms with Crippen molar-refractivity contribution in [2.75, 3.05) is 13.2 Å². The monoisotopic (exact) mass is 99.0 g/mol. The van der Waals surface area contributed by atoms with E-state index in [9.17, 15) is 4.79 Å². The second-order valence-corrected chi connectivity index (χ2v) is 1.31. The molecule has 3 heteroatoms. The van der Waals surface area contributed by atoms with Crippen molar-refractivity contribution in [3.05, 3.63) is 7.05 Å². The summed E-state index contributed by atoms with van der Waals surface area (Å²) in [6.07, 6.45) is -0.431. The van der Waals surface area contributed by atoms with Crippen LogP contribution in [0.2, 0.25) is 0 Å². The lowest BCUT2D eigenvalue weighted by molar-refractivity contribution is 0.165. The number of carbonyl (C=O) groups excluding carboxylic acids is 1. The summed E-state index contributed by atoms with van der Waals surface area (Å²) in [5, 5.41) is 0. The highest BCUT2D eigenvalue weighted by Gasteiger charge is 2.16. The van der Waals surface area contributed by atoms with Crippen LogP contribution in [0.1, 0.15) is 0 Å². The van der Waals surface area contributed by atoms with Crippen LogP contribution in [0, 0.1) is 7.05 Å². The molecule has 0 bridgehead atoms. The standard InChI is InChI=1S/C4H5NO2/c1-5-2-3-7-4(5)6/h1H,2-3H2. The highest BCUT2D eigenvalue weighted by molar-refractivity contribution is 5.69. The van der Waals surface area contributed by atoms with E-state index in [1.54, 1.807) is 0 Å². The highest BCUT2D eigenvalue weighted by atomic mass is 16.6. The smallest absolute Gasteiger partial charge is 0.410 e. The van der Waals surface area contributed by atoms with Crippen molar-refractivity contribution in [2.24, 2.45) is 0 Å². The van der Waals surface area contributed by atoms with E-state index in [1.165, 1.54) is 0 Å². The predicted octanol–water partition coefficient (Wildman–Crippen LogP) is 0.107. The van der Waals surface area contributed by atoms with Crippen LogP contribution in [0.4, 0.5) is 4.79 Å². The maximum atomic E-state index is 10.2. The van der Waals surface area contributed by atoms with E-state index in [0.29, 0.717) is 13.2 Å². The highest BCUT2D eigenvalue weighted by Crippen LogP contribution is 1.98. The number of hydrogen-bond donors (Lipinski definition) is 0. The number of rotatable bonds is 0. The van der Waals surface area contributed by atoms with Crippen LogP contribution in [0.25, 0.3) is 0 Å². The fraction of sp³-hybridized carbons (Fsp3) is 0.500. The Balaban J connectivity index is 2.48. The fourth-order valence-corrected chi connectivity index (χ4v) is 0.406. The summed E-state index contributed by atoms with van der Waals surface area (Å²) < 4.78 is 4.43. The van der Waals surface area contributed by atoms with Gasteiger partial charge in [0.25, 0.3) is 0 Å². The quantitative estimate of drug-likeness (QED) is 0.431. The van der Waals surface area contributed by atoms with Gasteiger partial charge in [0, 0.05) is 0 Å². The lowest BCUT2D eigenvalue weighted by atomic mass is 10.7. The molecule has 0 aromatic rings. The zero-order valence-electron chi connectivity index (χ0n) is 3.76. The molecule has 1 aliphatic heterocycles. The zero-order chi connectivity index (χ0) is 5.28. The number of amides is 1. The number of ether oxygens (including phenoxy) is 1. The topological polar surface area (TPSA) is 29.5 Å². The van der Waals surface area contributed by atoms with Gasteiger partial charge in [0.15, 0.2) is 0 Å². The van der Waals surface area contributed by atoms with E-state index in [1.807, 2.05) is 0 Å². The fourth-order valence-electron chi connectivity index (χ4n) is 0.406. The van der Waals surface area contributed by atoms with Gasteiger partial charge in [-0.05, 0) is 0 Å². The molecule has 1 fully saturated rings. The van der Waals surface area contributed by atoms with E-state index < -0.39 is 6.09 Å². The van der Waals surface area contributed by atoms with E-state index >= 15 is 0 Å². The van der Waals surface area contributed by atoms with Gasteiger partial charge in [0.2, 0.25) is 0 Å². The van der Waals surface area contributed by atoms with Crippen molar-refractivity contribution in [1.29, 1.82) is 0 Å². The summed E-state index contributed by atoms with van der Waals surface area (Å²) >= 11 is 0. The summed E-state index contributed by atoms with van der Waals surface area (Å²) in [5.74, 6) is 0. The van der Waals surface area contributed by atoms with Gasteiger partial charge >= 0.3 is 6.09 Å². The molecule has 1 amide bonds. The Morgan fingerprint density at radius 1 is 1.86 bits per heavy atom. The number of carbonyl (C=O) groups is 1. The van der Waals surface area contributed by atoms with Gasteiger partial charge in [0.05, 0.1) is 13.6 Å². The first-order valence-electron chi connectivity index (χ1n) is 1.99. The van der Waals surface area contributed by atoms with Crippen LogP contribution in [0.15, 0.2) is 0 Å². The van der Waals surface area contributed by atoms with Gasteiger partial charge in [-0.25, -0.2) is 4.79 Å². The third-order valence-electron chi connectivity index (χ3n) is 0.792. The second-order valence-electron chi connectivity index (χ2n) is 1.31. The average Bonchev–Trinajstić information content (AvgIpc) is 1.91. The number of hydrogen-bond acceptors (Lipinski definition) is 2. The Kier molecular flexibility index (Phi) is 0.889. The second kappa shape index (κ2) is 1.40. The third-order valence-corrected chi connectivity index (χ3v) is 0.792. The maximum absolute atomic E-state index is 10.2. The molecule has 38 valence electrons. The lowest BCUT2D eigenvalue weighted by Crippen LogP contribution is -2.14. The molecule has 0 aromatic carbocycles. The minimum atomic E-state index is -0.431. The molecule has 0 unspecified atom stereocenters. The summed E-state index contributed by atoms with van der Waals surface area (Å²) in [5.41, 5.74) is 0. The van der Waals surface area contributed by atoms with E-state index in [0.717, 1.165) is 4.90 Å². The average molecular weight is 99.1 g/mol. The van der Waals surface area contributed by atoms with Crippen LogP contribution in [0.5, 0.6) is 0 Å². The van der Waals surface area contributed by atoms with Gasteiger partial charge in [-0.3, -0.25) is 4.90 Å². The molecule has 7 heavy (non-hydrogen) atoms. The molecular formula is C4H5NO2. The molecule has 1 heterocycles. The van der Waals surface area contributed by atoms with Crippen molar-refractivity contribution >= 4 is 6.09 Å². The molecule has 0 N–H and O–H groups in total. The van der Waals surface area contributed by atoms with Crippen molar-refractivity contribution in [2.45, 2.75) is 0 Å². The van der Waals surface area contributed by atoms with Crippen molar-refractivity contribution in [3.63, 3.8) is 0 Å². The van der Waals surface area contributed by atoms with Gasteiger partial charge in [-0.1, -0.05) is 0 Å². The molecule has 1 aliphatic rings. The largest absolute Gasteiger partial charge is 0.448 e. The molecule has 0 aromatic heterocycles. The van der Waals surface area contributed by atoms with Gasteiger partial charge in [-0.2, -0.15) is 0 Å². The summed E-state index contributed by atoms with van der Waals surface area (Å²) in [7, 11) is 5.04. The Bertz CT molecular complexity index is 91.7. The first-order valence-corrected chi connectivity index (χ1v) is 1.99. The zero-order valence-corrected chi connectivity index (χ0v) is 3.76. The van der Waals surface area contributed by atoms with E-state index in [2.05, 4.69) is 4.74 Å². The SMILES string of the molecule is [CH]N1CCOC1=O. The summed E-state index contributed by atoms with van der Waals surface area (Å²) in [6, 6.07) is 0. The Hall–Kier alpha value is -0.730. The maximum Gasteiger partial charge on any atom is 0.410 e. The van der Waals surface area contributed by atoms with Gasteiger partial charge < -0.3 is 4.74 Å². The molecule has 0 spiro atoms. The van der Waals surface area contributed by atoms with Crippen LogP contribution < -0.4 is 0 Å². The van der Waals surface area contributed by atoms with Crippen LogP contribution in [-0.4, -0.2) is 24.1 Å². The number of cyclic esters (lactones) is 1. The molecular weight excluding hydrogens is 94.0 g/mol. The molecule has 1 saturated heterocycles. The minimum Gasteiger partial charge on any atom is -0.448 e. The van der Waals surface area contributed by atoms with E-state index in [-0.39, 0.29) is 0 Å². The lowest BCUT2D eigenvalue weighted by Gasteiger charge is -1.97. The van der Waals surface area contributed by atoms with Crippen LogP contribution >= 0.6 is 0 Å². The van der Waals surface area contributed by atoms with Crippen molar-refractivity contribution < 1.29 is 9.53 Å². The molecule has 0 aliphatic carbocycles. The molecule has 0 saturated carbocycles. The molecule has 0 atom stereocenters. The van der Waals surface area contributed by atoms with Crippen molar-refractivity contribution in [1.82, 2.24) is 4.90 Å². The normalized spacial score (nSPS) is 20.1. The summed E-state index contributed by atoms with van der Waals surface area (Å²) in [4.78, 5) is 11.2. The van der Waals surface area contributed by atoms with E-state index in [4.69, 9.17) is 7.05 Å². The summed E-state index contributed by atoms with van der Waals surface area (Å²) in [6.45, 7) is 0.939.